The number of fused-ring (bicyclic) bond motifs is 1. The lowest BCUT2D eigenvalue weighted by Crippen LogP contribution is -2.18. The normalized spacial score (nSPS) is 20.2. The average molecular weight is 389 g/mol. The van der Waals surface area contributed by atoms with Crippen molar-refractivity contribution < 1.29 is 0 Å². The first-order valence-corrected chi connectivity index (χ1v) is 9.72. The molecule has 2 N–H and O–H groups in total. The maximum atomic E-state index is 6.56. The summed E-state index contributed by atoms with van der Waals surface area (Å²) in [6.07, 6.45) is 5.16. The van der Waals surface area contributed by atoms with Gasteiger partial charge in [0.15, 0.2) is 0 Å². The van der Waals surface area contributed by atoms with Gasteiger partial charge in [0.2, 0.25) is 0 Å². The maximum Gasteiger partial charge on any atom is 0.140 e. The van der Waals surface area contributed by atoms with E-state index < -0.39 is 0 Å². The molecule has 0 bridgehead atoms. The first-order chi connectivity index (χ1) is 12.5. The van der Waals surface area contributed by atoms with Crippen LogP contribution in [0.1, 0.15) is 48.3 Å². The third-order valence-electron chi connectivity index (χ3n) is 5.23. The van der Waals surface area contributed by atoms with E-state index in [1.807, 2.05) is 25.1 Å². The van der Waals surface area contributed by atoms with Crippen molar-refractivity contribution in [2.45, 2.75) is 38.1 Å². The number of hydrogen-bond donors (Lipinski definition) is 1. The van der Waals surface area contributed by atoms with E-state index in [0.29, 0.717) is 16.0 Å². The van der Waals surface area contributed by atoms with Crippen LogP contribution in [0, 0.1) is 12.8 Å². The van der Waals surface area contributed by atoms with Crippen LogP contribution in [0.25, 0.3) is 0 Å². The van der Waals surface area contributed by atoms with E-state index in [1.54, 1.807) is 6.07 Å². The fourth-order valence-electron chi connectivity index (χ4n) is 3.82. The van der Waals surface area contributed by atoms with Crippen LogP contribution >= 0.6 is 23.2 Å². The summed E-state index contributed by atoms with van der Waals surface area (Å²) in [5, 5.41) is 1.24. The van der Waals surface area contributed by atoms with E-state index >= 15 is 0 Å². The molecular weight excluding hydrogens is 367 g/mol. The highest BCUT2D eigenvalue weighted by atomic mass is 35.5. The molecule has 4 rings (SSSR count). The van der Waals surface area contributed by atoms with E-state index in [0.717, 1.165) is 41.6 Å². The van der Waals surface area contributed by atoms with Crippen molar-refractivity contribution in [3.63, 3.8) is 0 Å². The lowest BCUT2D eigenvalue weighted by molar-refractivity contribution is 0.594. The number of aromatic nitrogens is 2. The van der Waals surface area contributed by atoms with Crippen LogP contribution in [-0.2, 0) is 0 Å². The highest BCUT2D eigenvalue weighted by molar-refractivity contribution is 6.36. The number of nitrogens with zero attached hydrogens (tertiary/aromatic N) is 3. The predicted octanol–water partition coefficient (Wildman–Crippen LogP) is 5.31. The number of allylic oxidation sites excluding steroid dienone is 1. The van der Waals surface area contributed by atoms with Gasteiger partial charge in [0.1, 0.15) is 11.6 Å². The number of benzene rings is 1. The van der Waals surface area contributed by atoms with Crippen molar-refractivity contribution in [3.8, 4) is 0 Å². The molecule has 2 aliphatic rings. The van der Waals surface area contributed by atoms with Gasteiger partial charge in [-0.25, -0.2) is 9.97 Å². The Morgan fingerprint density at radius 3 is 2.77 bits per heavy atom. The Bertz CT molecular complexity index is 863. The number of aryl methyl sites for hydroxylation is 1. The van der Waals surface area contributed by atoms with Crippen molar-refractivity contribution in [2.24, 2.45) is 11.7 Å². The molecule has 6 heteroatoms. The van der Waals surface area contributed by atoms with Gasteiger partial charge in [-0.1, -0.05) is 29.3 Å². The van der Waals surface area contributed by atoms with Gasteiger partial charge < -0.3 is 10.6 Å². The molecule has 4 nitrogen and oxygen atoms in total. The maximum absolute atomic E-state index is 6.56. The second-order valence-corrected chi connectivity index (χ2v) is 8.03. The molecule has 1 aromatic carbocycles. The number of halogens is 2. The summed E-state index contributed by atoms with van der Waals surface area (Å²) in [6, 6.07) is 5.54. The summed E-state index contributed by atoms with van der Waals surface area (Å²) in [7, 11) is 0. The van der Waals surface area contributed by atoms with Gasteiger partial charge in [0.25, 0.3) is 0 Å². The Morgan fingerprint density at radius 1 is 1.35 bits per heavy atom. The average Bonchev–Trinajstić information content (AvgIpc) is 3.38. The second kappa shape index (κ2) is 6.84. The van der Waals surface area contributed by atoms with Gasteiger partial charge in [-0.2, -0.15) is 0 Å². The molecule has 1 aliphatic heterocycles. The molecule has 2 aromatic rings. The monoisotopic (exact) mass is 388 g/mol. The Morgan fingerprint density at radius 2 is 2.12 bits per heavy atom. The highest BCUT2D eigenvalue weighted by Crippen LogP contribution is 2.48. The van der Waals surface area contributed by atoms with Crippen LogP contribution in [0.3, 0.4) is 0 Å². The van der Waals surface area contributed by atoms with Gasteiger partial charge in [0, 0.05) is 23.0 Å². The van der Waals surface area contributed by atoms with Gasteiger partial charge in [-0.3, -0.25) is 0 Å². The SMILES string of the molecule is C=CCC1CN(c2ccc(Cl)cc2Cl)c2nc(C)nc(C(N)C3CC3)c21. The van der Waals surface area contributed by atoms with Crippen molar-refractivity contribution >= 4 is 34.7 Å². The summed E-state index contributed by atoms with van der Waals surface area (Å²) in [5.74, 6) is 2.45. The number of anilines is 2. The summed E-state index contributed by atoms with van der Waals surface area (Å²) in [6.45, 7) is 6.63. The molecule has 0 saturated heterocycles. The topological polar surface area (TPSA) is 55.0 Å². The molecule has 0 amide bonds. The van der Waals surface area contributed by atoms with Crippen molar-refractivity contribution in [3.05, 3.63) is 58.0 Å². The molecule has 2 heterocycles. The summed E-state index contributed by atoms with van der Waals surface area (Å²) >= 11 is 12.6. The fourth-order valence-corrected chi connectivity index (χ4v) is 4.33. The molecular formula is C20H22Cl2N4. The van der Waals surface area contributed by atoms with Gasteiger partial charge in [-0.15, -0.1) is 6.58 Å². The van der Waals surface area contributed by atoms with Crippen molar-refractivity contribution in [1.82, 2.24) is 9.97 Å². The molecule has 2 unspecified atom stereocenters. The number of rotatable bonds is 5. The van der Waals surface area contributed by atoms with E-state index in [2.05, 4.69) is 11.5 Å². The standard InChI is InChI=1S/C20H22Cl2N4/c1-3-4-13-10-26(16-8-7-14(21)9-15(16)22)20-17(13)19(24-11(2)25-20)18(23)12-5-6-12/h3,7-9,12-13,18H,1,4-6,10,23H2,2H3. The van der Waals surface area contributed by atoms with E-state index in [9.17, 15) is 0 Å². The Labute approximate surface area is 164 Å². The molecule has 1 fully saturated rings. The van der Waals surface area contributed by atoms with Crippen LogP contribution in [-0.4, -0.2) is 16.5 Å². The quantitative estimate of drug-likeness (QED) is 0.704. The molecule has 26 heavy (non-hydrogen) atoms. The second-order valence-electron chi connectivity index (χ2n) is 7.18. The zero-order valence-corrected chi connectivity index (χ0v) is 16.3. The number of hydrogen-bond acceptors (Lipinski definition) is 4. The fraction of sp³-hybridized carbons (Fsp3) is 0.400. The molecule has 1 aliphatic carbocycles. The molecule has 2 atom stereocenters. The van der Waals surface area contributed by atoms with E-state index in [4.69, 9.17) is 38.9 Å². The summed E-state index contributed by atoms with van der Waals surface area (Å²) in [4.78, 5) is 11.7. The lowest BCUT2D eigenvalue weighted by Gasteiger charge is -2.21. The van der Waals surface area contributed by atoms with Crippen LogP contribution in [0.2, 0.25) is 10.0 Å². The Balaban J connectivity index is 1.85. The summed E-state index contributed by atoms with van der Waals surface area (Å²) in [5.41, 5.74) is 9.61. The third-order valence-corrected chi connectivity index (χ3v) is 5.77. The number of nitrogens with two attached hydrogens (primary N) is 1. The lowest BCUT2D eigenvalue weighted by atomic mass is 9.93. The van der Waals surface area contributed by atoms with Gasteiger partial charge in [0.05, 0.1) is 22.4 Å². The van der Waals surface area contributed by atoms with Gasteiger partial charge in [-0.05, 0) is 50.3 Å². The third kappa shape index (κ3) is 3.11. The first-order valence-electron chi connectivity index (χ1n) is 8.97. The molecule has 1 aromatic heterocycles. The predicted molar refractivity (Wildman–Crippen MR) is 107 cm³/mol. The molecule has 136 valence electrons. The van der Waals surface area contributed by atoms with Gasteiger partial charge >= 0.3 is 0 Å². The molecule has 1 saturated carbocycles. The zero-order chi connectivity index (χ0) is 18.4. The minimum absolute atomic E-state index is 0.0293. The van der Waals surface area contributed by atoms with Crippen LogP contribution in [0.4, 0.5) is 11.5 Å². The largest absolute Gasteiger partial charge is 0.324 e. The van der Waals surface area contributed by atoms with Crippen LogP contribution in [0.15, 0.2) is 30.9 Å². The van der Waals surface area contributed by atoms with Crippen molar-refractivity contribution in [1.29, 1.82) is 0 Å². The summed E-state index contributed by atoms with van der Waals surface area (Å²) < 4.78 is 0. The van der Waals surface area contributed by atoms with Crippen LogP contribution < -0.4 is 10.6 Å². The smallest absolute Gasteiger partial charge is 0.140 e. The van der Waals surface area contributed by atoms with Crippen molar-refractivity contribution in [2.75, 3.05) is 11.4 Å². The Kier molecular flexibility index (Phi) is 4.68. The van der Waals surface area contributed by atoms with E-state index in [1.165, 1.54) is 12.8 Å². The molecule has 0 spiro atoms. The minimum Gasteiger partial charge on any atom is -0.324 e. The minimum atomic E-state index is -0.0293. The highest BCUT2D eigenvalue weighted by Gasteiger charge is 2.39. The first kappa shape index (κ1) is 17.8. The molecule has 0 radical (unpaired) electrons. The van der Waals surface area contributed by atoms with Crippen LogP contribution in [0.5, 0.6) is 0 Å². The zero-order valence-electron chi connectivity index (χ0n) is 14.8. The Hall–Kier alpha value is -1.62. The van der Waals surface area contributed by atoms with E-state index in [-0.39, 0.29) is 12.0 Å².